The van der Waals surface area contributed by atoms with E-state index in [-0.39, 0.29) is 40.2 Å². The number of esters is 2. The summed E-state index contributed by atoms with van der Waals surface area (Å²) in [6.45, 7) is 0. The molecule has 52 heavy (non-hydrogen) atoms. The van der Waals surface area contributed by atoms with Gasteiger partial charge in [-0.25, -0.2) is 19.2 Å². The Bertz CT molecular complexity index is 2050. The van der Waals surface area contributed by atoms with Crippen molar-refractivity contribution in [3.8, 4) is 46.0 Å². The van der Waals surface area contributed by atoms with Crippen LogP contribution in [0.15, 0.2) is 78.9 Å². The zero-order valence-electron chi connectivity index (χ0n) is 26.7. The molecule has 4 aromatic carbocycles. The highest BCUT2D eigenvalue weighted by molar-refractivity contribution is 5.89. The molecule has 0 saturated heterocycles. The van der Waals surface area contributed by atoms with Crippen LogP contribution in [-0.2, 0) is 41.5 Å². The van der Waals surface area contributed by atoms with E-state index in [2.05, 4.69) is 0 Å². The maximum Gasteiger partial charge on any atom is 0.352 e. The van der Waals surface area contributed by atoms with Gasteiger partial charge in [-0.1, -0.05) is 24.3 Å². The monoisotopic (exact) mass is 718 g/mol. The largest absolute Gasteiger partial charge is 0.504 e. The molecule has 16 nitrogen and oxygen atoms in total. The average Bonchev–Trinajstić information content (AvgIpc) is 3.10. The molecule has 4 atom stereocenters. The Hall–Kier alpha value is -7.10. The lowest BCUT2D eigenvalue weighted by atomic mass is 10.0. The Balaban J connectivity index is 1.36. The Morgan fingerprint density at radius 3 is 1.69 bits per heavy atom. The van der Waals surface area contributed by atoms with Gasteiger partial charge in [0.2, 0.25) is 18.3 Å². The number of carboxylic acid groups (broad SMARTS) is 2. The van der Waals surface area contributed by atoms with Crippen molar-refractivity contribution in [2.24, 2.45) is 0 Å². The lowest BCUT2D eigenvalue weighted by Gasteiger charge is -2.33. The van der Waals surface area contributed by atoms with Gasteiger partial charge in [0, 0.05) is 24.5 Å². The van der Waals surface area contributed by atoms with Crippen molar-refractivity contribution in [3.05, 3.63) is 101 Å². The summed E-state index contributed by atoms with van der Waals surface area (Å²) in [5.41, 5.74) is 0.916. The Morgan fingerprint density at radius 1 is 0.615 bits per heavy atom. The number of carboxylic acids is 2. The molecular weight excluding hydrogens is 688 g/mol. The van der Waals surface area contributed by atoms with E-state index in [9.17, 15) is 60.0 Å². The summed E-state index contributed by atoms with van der Waals surface area (Å²) in [5.74, 6) is -8.08. The summed E-state index contributed by atoms with van der Waals surface area (Å²) in [4.78, 5) is 49.9. The highest BCUT2D eigenvalue weighted by Gasteiger charge is 2.41. The number of rotatable bonds is 12. The molecule has 0 bridgehead atoms. The average molecular weight is 719 g/mol. The van der Waals surface area contributed by atoms with E-state index in [1.807, 2.05) is 0 Å². The number of carbonyl (C=O) groups is 4. The fourth-order valence-electron chi connectivity index (χ4n) is 5.08. The van der Waals surface area contributed by atoms with E-state index in [1.165, 1.54) is 42.5 Å². The summed E-state index contributed by atoms with van der Waals surface area (Å²) < 4.78 is 22.4. The molecule has 0 saturated carbocycles. The minimum Gasteiger partial charge on any atom is -0.504 e. The zero-order valence-corrected chi connectivity index (χ0v) is 26.7. The molecule has 0 fully saturated rings. The minimum absolute atomic E-state index is 0.0531. The van der Waals surface area contributed by atoms with Gasteiger partial charge in [0.05, 0.1) is 0 Å². The number of aromatic hydroxyl groups is 6. The Morgan fingerprint density at radius 2 is 1.15 bits per heavy atom. The Kier molecular flexibility index (Phi) is 10.6. The number of phenols is 6. The van der Waals surface area contributed by atoms with Crippen molar-refractivity contribution >= 4 is 30.0 Å². The molecule has 16 heteroatoms. The predicted molar refractivity (Wildman–Crippen MR) is 175 cm³/mol. The number of ether oxygens (including phenoxy) is 4. The number of phenolic OH excluding ortho intramolecular Hbond substituents is 6. The normalized spacial score (nSPS) is 16.1. The number of hydrogen-bond donors (Lipinski definition) is 8. The van der Waals surface area contributed by atoms with E-state index in [0.717, 1.165) is 42.5 Å². The van der Waals surface area contributed by atoms with Crippen LogP contribution in [0.3, 0.4) is 0 Å². The van der Waals surface area contributed by atoms with E-state index in [4.69, 9.17) is 18.9 Å². The van der Waals surface area contributed by atoms with Gasteiger partial charge in [-0.3, -0.25) is 0 Å². The van der Waals surface area contributed by atoms with Gasteiger partial charge < -0.3 is 59.8 Å². The summed E-state index contributed by atoms with van der Waals surface area (Å²) in [6.07, 6.45) is -4.99. The van der Waals surface area contributed by atoms with Crippen molar-refractivity contribution in [2.45, 2.75) is 37.3 Å². The maximum atomic E-state index is 13.6. The van der Waals surface area contributed by atoms with Crippen LogP contribution in [0.4, 0.5) is 0 Å². The maximum absolute atomic E-state index is 13.6. The number of aliphatic carboxylic acids is 2. The molecule has 0 unspecified atom stereocenters. The number of hydrogen-bond acceptors (Lipinski definition) is 14. The molecule has 1 heterocycles. The first-order chi connectivity index (χ1) is 24.7. The number of carbonyl (C=O) groups excluding carboxylic acids is 2. The lowest BCUT2D eigenvalue weighted by molar-refractivity contribution is -0.173. The van der Waals surface area contributed by atoms with Crippen molar-refractivity contribution in [3.63, 3.8) is 0 Å². The van der Waals surface area contributed by atoms with Crippen molar-refractivity contribution in [1.29, 1.82) is 0 Å². The van der Waals surface area contributed by atoms with E-state index < -0.39 is 89.2 Å². The second-order valence-electron chi connectivity index (χ2n) is 11.4. The SMILES string of the molecule is O=C(/C=C/c1ccc2c(c1)O[C@H](C(=O)O[C@@H](Cc1ccc(O)c(O)c1)C(=O)O)[C@H](c1ccc(O)c(O)c1)O2)O[C@H](Cc1ccc(O)c(O)c1)C(=O)O. The lowest BCUT2D eigenvalue weighted by Crippen LogP contribution is -2.43. The van der Waals surface area contributed by atoms with E-state index >= 15 is 0 Å². The topological polar surface area (TPSA) is 267 Å². The molecule has 0 radical (unpaired) electrons. The fourth-order valence-corrected chi connectivity index (χ4v) is 5.08. The van der Waals surface area contributed by atoms with Crippen molar-refractivity contribution in [1.82, 2.24) is 0 Å². The molecule has 1 aliphatic rings. The van der Waals surface area contributed by atoms with Gasteiger partial charge in [-0.15, -0.1) is 0 Å². The third-order valence-electron chi connectivity index (χ3n) is 7.71. The highest BCUT2D eigenvalue weighted by Crippen LogP contribution is 2.42. The first-order valence-corrected chi connectivity index (χ1v) is 15.2. The van der Waals surface area contributed by atoms with Crippen LogP contribution in [0.1, 0.15) is 28.4 Å². The van der Waals surface area contributed by atoms with Gasteiger partial charge in [-0.2, -0.15) is 0 Å². The van der Waals surface area contributed by atoms with Crippen LogP contribution >= 0.6 is 0 Å². The summed E-state index contributed by atoms with van der Waals surface area (Å²) >= 11 is 0. The molecule has 270 valence electrons. The van der Waals surface area contributed by atoms with Crippen LogP contribution in [0.2, 0.25) is 0 Å². The second-order valence-corrected chi connectivity index (χ2v) is 11.4. The summed E-state index contributed by atoms with van der Waals surface area (Å²) in [7, 11) is 0. The summed E-state index contributed by atoms with van der Waals surface area (Å²) in [6, 6.07) is 15.0. The fraction of sp³-hybridized carbons (Fsp3) is 0.167. The van der Waals surface area contributed by atoms with Crippen LogP contribution in [-0.4, -0.2) is 83.0 Å². The molecule has 0 amide bonds. The van der Waals surface area contributed by atoms with Crippen LogP contribution in [0, 0.1) is 0 Å². The Labute approximate surface area is 293 Å². The number of benzene rings is 4. The standard InChI is InChI=1S/C36H30O16/c37-21-6-1-18(11-24(21)40)14-29(34(44)45)49-31(43)10-4-17-3-9-27-28(13-17)51-33(32(50-27)20-5-8-23(39)26(42)16-20)36(48)52-30(35(46)47)15-19-2-7-22(38)25(41)12-19/h1-13,16,29-30,32-33,37-42H,14-15H2,(H,44,45)(H,46,47)/b10-4+/t29-,30+,32+,33+/m1/s1. The van der Waals surface area contributed by atoms with Crippen molar-refractivity contribution < 1.29 is 79.0 Å². The third kappa shape index (κ3) is 8.54. The minimum atomic E-state index is -1.79. The third-order valence-corrected chi connectivity index (χ3v) is 7.71. The van der Waals surface area contributed by atoms with Gasteiger partial charge in [0.25, 0.3) is 0 Å². The van der Waals surface area contributed by atoms with Gasteiger partial charge >= 0.3 is 23.9 Å². The van der Waals surface area contributed by atoms with Crippen molar-refractivity contribution in [2.75, 3.05) is 0 Å². The molecule has 8 N–H and O–H groups in total. The molecule has 4 aromatic rings. The van der Waals surface area contributed by atoms with Crippen LogP contribution < -0.4 is 9.47 Å². The molecule has 5 rings (SSSR count). The molecule has 0 aromatic heterocycles. The second kappa shape index (κ2) is 15.2. The predicted octanol–water partition coefficient (Wildman–Crippen LogP) is 3.29. The van der Waals surface area contributed by atoms with Crippen LogP contribution in [0.25, 0.3) is 6.08 Å². The zero-order chi connectivity index (χ0) is 37.7. The molecule has 0 spiro atoms. The van der Waals surface area contributed by atoms with Gasteiger partial charge in [0.1, 0.15) is 0 Å². The first-order valence-electron chi connectivity index (χ1n) is 15.2. The smallest absolute Gasteiger partial charge is 0.352 e. The quantitative estimate of drug-likeness (QED) is 0.0593. The number of fused-ring (bicyclic) bond motifs is 1. The van der Waals surface area contributed by atoms with E-state index in [0.29, 0.717) is 0 Å². The highest BCUT2D eigenvalue weighted by atomic mass is 16.6. The molecule has 0 aliphatic carbocycles. The van der Waals surface area contributed by atoms with Gasteiger partial charge in [-0.05, 0) is 71.3 Å². The molecular formula is C36H30O16. The molecule has 1 aliphatic heterocycles. The first kappa shape index (κ1) is 36.2. The van der Waals surface area contributed by atoms with Crippen LogP contribution in [0.5, 0.6) is 46.0 Å². The van der Waals surface area contributed by atoms with E-state index in [1.54, 1.807) is 0 Å². The van der Waals surface area contributed by atoms with Gasteiger partial charge in [0.15, 0.2) is 52.1 Å². The summed E-state index contributed by atoms with van der Waals surface area (Å²) in [5, 5.41) is 77.8.